The second-order valence-electron chi connectivity index (χ2n) is 3.66. The maximum atomic E-state index is 5.62. The summed E-state index contributed by atoms with van der Waals surface area (Å²) in [4.78, 5) is 16.5. The van der Waals surface area contributed by atoms with Crippen LogP contribution in [0.15, 0.2) is 44.2 Å². The molecule has 1 aromatic carbocycles. The molecular formula is C11H10N6. The lowest BCUT2D eigenvalue weighted by Crippen LogP contribution is -2.33. The lowest BCUT2D eigenvalue weighted by molar-refractivity contribution is 1.13. The molecule has 0 spiro atoms. The molecule has 2 aliphatic heterocycles. The van der Waals surface area contributed by atoms with Crippen LogP contribution in [0.3, 0.4) is 0 Å². The quantitative estimate of drug-likeness (QED) is 0.698. The second kappa shape index (κ2) is 3.82. The zero-order chi connectivity index (χ0) is 11.7. The number of nitrogens with one attached hydrogen (secondary N) is 1. The summed E-state index contributed by atoms with van der Waals surface area (Å²) in [6.07, 6.45) is 2.98. The predicted molar refractivity (Wildman–Crippen MR) is 70.1 cm³/mol. The van der Waals surface area contributed by atoms with Gasteiger partial charge in [0.1, 0.15) is 18.5 Å². The van der Waals surface area contributed by atoms with Crippen LogP contribution in [0.5, 0.6) is 0 Å². The third-order valence-electron chi connectivity index (χ3n) is 2.48. The number of benzene rings is 1. The maximum Gasteiger partial charge on any atom is 0.169 e. The van der Waals surface area contributed by atoms with Gasteiger partial charge in [-0.3, -0.25) is 4.99 Å². The summed E-state index contributed by atoms with van der Waals surface area (Å²) < 4.78 is 0. The molecular weight excluding hydrogens is 216 g/mol. The molecule has 3 N–H and O–H groups in total. The molecule has 6 nitrogen and oxygen atoms in total. The minimum Gasteiger partial charge on any atom is -0.399 e. The van der Waals surface area contributed by atoms with Gasteiger partial charge in [0.05, 0.1) is 0 Å². The number of hydrogen-bond donors (Lipinski definition) is 2. The molecule has 1 atom stereocenters. The van der Waals surface area contributed by atoms with Crippen LogP contribution in [0, 0.1) is 0 Å². The van der Waals surface area contributed by atoms with Gasteiger partial charge in [0, 0.05) is 11.4 Å². The third kappa shape index (κ3) is 1.80. The first-order valence-corrected chi connectivity index (χ1v) is 5.15. The molecule has 0 saturated carbocycles. The number of amidine groups is 2. The average Bonchev–Trinajstić information content (AvgIpc) is 2.81. The van der Waals surface area contributed by atoms with E-state index in [0.717, 1.165) is 17.2 Å². The van der Waals surface area contributed by atoms with Crippen molar-refractivity contribution in [2.24, 2.45) is 20.0 Å². The van der Waals surface area contributed by atoms with E-state index in [1.54, 1.807) is 0 Å². The summed E-state index contributed by atoms with van der Waals surface area (Å²) in [6, 6.07) is 7.22. The molecule has 1 unspecified atom stereocenters. The SMILES string of the molecule is Nc1ccc(NC2=NC=NC3=NC=NC32)cc1. The van der Waals surface area contributed by atoms with E-state index in [0.29, 0.717) is 5.84 Å². The normalized spacial score (nSPS) is 20.8. The Morgan fingerprint density at radius 1 is 1.06 bits per heavy atom. The number of aliphatic imine (C=N–C) groups is 4. The summed E-state index contributed by atoms with van der Waals surface area (Å²) in [6.45, 7) is 0. The number of fused-ring (bicyclic) bond motifs is 1. The zero-order valence-corrected chi connectivity index (χ0v) is 8.91. The van der Waals surface area contributed by atoms with Crippen LogP contribution in [-0.2, 0) is 0 Å². The summed E-state index contributed by atoms with van der Waals surface area (Å²) in [5, 5.41) is 3.19. The van der Waals surface area contributed by atoms with Crippen LogP contribution in [0.25, 0.3) is 0 Å². The zero-order valence-electron chi connectivity index (χ0n) is 8.91. The lowest BCUT2D eigenvalue weighted by atomic mass is 10.2. The van der Waals surface area contributed by atoms with E-state index in [1.807, 2.05) is 24.3 Å². The van der Waals surface area contributed by atoms with Crippen molar-refractivity contribution in [1.82, 2.24) is 0 Å². The summed E-state index contributed by atoms with van der Waals surface area (Å²) >= 11 is 0. The standard InChI is InChI=1S/C11H10N6/c12-7-1-3-8(4-2-7)17-11-9-10(14-5-13-9)15-6-16-11/h1-6,9H,12H2,(H,13,14,15,16,17). The van der Waals surface area contributed by atoms with Gasteiger partial charge in [-0.25, -0.2) is 15.0 Å². The molecule has 6 heteroatoms. The summed E-state index contributed by atoms with van der Waals surface area (Å²) in [5.74, 6) is 1.38. The minimum absolute atomic E-state index is 0.211. The van der Waals surface area contributed by atoms with E-state index in [1.165, 1.54) is 12.7 Å². The highest BCUT2D eigenvalue weighted by atomic mass is 15.2. The van der Waals surface area contributed by atoms with Crippen molar-refractivity contribution in [3.63, 3.8) is 0 Å². The Morgan fingerprint density at radius 3 is 2.71 bits per heavy atom. The number of hydrogen-bond acceptors (Lipinski definition) is 6. The van der Waals surface area contributed by atoms with Gasteiger partial charge < -0.3 is 11.1 Å². The molecule has 0 fully saturated rings. The fraction of sp³-hybridized carbons (Fsp3) is 0.0909. The van der Waals surface area contributed by atoms with Crippen molar-refractivity contribution < 1.29 is 0 Å². The summed E-state index contributed by atoms with van der Waals surface area (Å²) in [7, 11) is 0. The molecule has 0 amide bonds. The van der Waals surface area contributed by atoms with Crippen LogP contribution >= 0.6 is 0 Å². The van der Waals surface area contributed by atoms with Crippen LogP contribution in [0.2, 0.25) is 0 Å². The molecule has 0 bridgehead atoms. The van der Waals surface area contributed by atoms with E-state index >= 15 is 0 Å². The Morgan fingerprint density at radius 2 is 1.88 bits per heavy atom. The van der Waals surface area contributed by atoms with Gasteiger partial charge >= 0.3 is 0 Å². The first-order valence-electron chi connectivity index (χ1n) is 5.15. The molecule has 0 saturated heterocycles. The van der Waals surface area contributed by atoms with E-state index in [4.69, 9.17) is 5.73 Å². The number of nitrogens with zero attached hydrogens (tertiary/aromatic N) is 4. The molecule has 0 radical (unpaired) electrons. The van der Waals surface area contributed by atoms with Gasteiger partial charge in [0.2, 0.25) is 0 Å². The van der Waals surface area contributed by atoms with Gasteiger partial charge in [-0.15, -0.1) is 0 Å². The minimum atomic E-state index is -0.211. The summed E-state index contributed by atoms with van der Waals surface area (Å²) in [5.41, 5.74) is 7.26. The Labute approximate surface area is 97.7 Å². The molecule has 3 rings (SSSR count). The monoisotopic (exact) mass is 226 g/mol. The van der Waals surface area contributed by atoms with Crippen molar-refractivity contribution in [3.05, 3.63) is 24.3 Å². The fourth-order valence-corrected chi connectivity index (χ4v) is 1.63. The van der Waals surface area contributed by atoms with E-state index in [-0.39, 0.29) is 6.04 Å². The Hall–Kier alpha value is -2.50. The molecule has 0 aromatic heterocycles. The Bertz CT molecular complexity index is 552. The van der Waals surface area contributed by atoms with Crippen molar-refractivity contribution in [1.29, 1.82) is 0 Å². The highest BCUT2D eigenvalue weighted by Crippen LogP contribution is 2.15. The van der Waals surface area contributed by atoms with Gasteiger partial charge in [0.15, 0.2) is 11.9 Å². The van der Waals surface area contributed by atoms with Crippen LogP contribution in [0.4, 0.5) is 11.4 Å². The van der Waals surface area contributed by atoms with Gasteiger partial charge in [0.25, 0.3) is 0 Å². The number of nitrogens with two attached hydrogens (primary N) is 1. The largest absolute Gasteiger partial charge is 0.399 e. The highest BCUT2D eigenvalue weighted by Gasteiger charge is 2.26. The average molecular weight is 226 g/mol. The van der Waals surface area contributed by atoms with Gasteiger partial charge in [-0.1, -0.05) is 0 Å². The lowest BCUT2D eigenvalue weighted by Gasteiger charge is -2.15. The molecule has 1 aromatic rings. The number of nitrogen functional groups attached to an aromatic ring is 1. The van der Waals surface area contributed by atoms with Crippen LogP contribution < -0.4 is 11.1 Å². The topological polar surface area (TPSA) is 87.5 Å². The van der Waals surface area contributed by atoms with Crippen molar-refractivity contribution >= 4 is 35.7 Å². The fourth-order valence-electron chi connectivity index (χ4n) is 1.63. The van der Waals surface area contributed by atoms with E-state index < -0.39 is 0 Å². The van der Waals surface area contributed by atoms with E-state index in [9.17, 15) is 0 Å². The third-order valence-corrected chi connectivity index (χ3v) is 2.48. The Balaban J connectivity index is 1.84. The number of anilines is 2. The van der Waals surface area contributed by atoms with Crippen molar-refractivity contribution in [2.75, 3.05) is 11.1 Å². The molecule has 2 aliphatic rings. The van der Waals surface area contributed by atoms with Crippen LogP contribution in [0.1, 0.15) is 0 Å². The maximum absolute atomic E-state index is 5.62. The van der Waals surface area contributed by atoms with Crippen molar-refractivity contribution in [3.8, 4) is 0 Å². The molecule has 0 aliphatic carbocycles. The smallest absolute Gasteiger partial charge is 0.169 e. The molecule has 17 heavy (non-hydrogen) atoms. The first kappa shape index (κ1) is 9.71. The second-order valence-corrected chi connectivity index (χ2v) is 3.66. The first-order chi connectivity index (χ1) is 8.33. The van der Waals surface area contributed by atoms with Crippen molar-refractivity contribution in [2.45, 2.75) is 6.04 Å². The van der Waals surface area contributed by atoms with Gasteiger partial charge in [-0.2, -0.15) is 0 Å². The van der Waals surface area contributed by atoms with Crippen LogP contribution in [-0.4, -0.2) is 30.4 Å². The number of rotatable bonds is 1. The molecule has 2 heterocycles. The predicted octanol–water partition coefficient (Wildman–Crippen LogP) is 0.930. The molecule has 84 valence electrons. The van der Waals surface area contributed by atoms with Gasteiger partial charge in [-0.05, 0) is 24.3 Å². The van der Waals surface area contributed by atoms with E-state index in [2.05, 4.69) is 25.3 Å². The Kier molecular flexibility index (Phi) is 2.18. The highest BCUT2D eigenvalue weighted by molar-refractivity contribution is 6.23.